The summed E-state index contributed by atoms with van der Waals surface area (Å²) in [4.78, 5) is 4.72. The van der Waals surface area contributed by atoms with Crippen molar-refractivity contribution >= 4 is 21.8 Å². The molecule has 0 aliphatic rings. The van der Waals surface area contributed by atoms with Gasteiger partial charge in [0.05, 0.1) is 22.4 Å². The molecule has 0 bridgehead atoms. The molecule has 0 unspecified atom stereocenters. The Morgan fingerprint density at radius 1 is 0.667 bits per heavy atom. The molecule has 0 spiro atoms. The Kier molecular flexibility index (Phi) is 7.04. The molecule has 224 valence electrons. The molecule has 0 N–H and O–H groups in total. The number of fused-ring (bicyclic) bond motifs is 3. The minimum atomic E-state index is 0.771. The minimum Gasteiger partial charge on any atom is -0.457 e. The molecule has 0 atom stereocenters. The zero-order valence-electron chi connectivity index (χ0n) is 27.1. The molecule has 5 heteroatoms. The van der Waals surface area contributed by atoms with Gasteiger partial charge in [0.15, 0.2) is 0 Å². The summed E-state index contributed by atoms with van der Waals surface area (Å²) in [5.74, 6) is 2.44. The monoisotopic (exact) mass is 590 g/mol. The van der Waals surface area contributed by atoms with Gasteiger partial charge in [-0.15, -0.1) is 0 Å². The van der Waals surface area contributed by atoms with E-state index in [9.17, 15) is 0 Å². The third-order valence-electron chi connectivity index (χ3n) is 8.77. The van der Waals surface area contributed by atoms with Crippen LogP contribution in [0.1, 0.15) is 46.1 Å². The van der Waals surface area contributed by atoms with Crippen molar-refractivity contribution in [2.75, 3.05) is 0 Å². The van der Waals surface area contributed by atoms with Gasteiger partial charge in [-0.3, -0.25) is 4.57 Å². The summed E-state index contributed by atoms with van der Waals surface area (Å²) in [6, 6.07) is 29.9. The SMILES string of the molecule is CCc1cc(C)cc(C)c1-c1c(C)nn(-c2cc(C)cc(Oc3ccc4c5ccccc5n(-c5cc(C)ccn5)c4c3)c2)c1C. The van der Waals surface area contributed by atoms with E-state index in [1.807, 2.05) is 12.3 Å². The number of hydrogen-bond acceptors (Lipinski definition) is 3. The standard InChI is InChI=1S/C40H38N4O/c1-8-30-18-25(3)17-27(5)39(30)40-28(6)42-44(29(40)7)31-19-26(4)20-33(22-31)45-32-13-14-35-34-11-9-10-12-36(34)43(37(35)23-32)38-21-24(2)15-16-41-38/h9-23H,8H2,1-7H3. The molecule has 0 radical (unpaired) electrons. The number of aromatic nitrogens is 4. The summed E-state index contributed by atoms with van der Waals surface area (Å²) in [6.45, 7) is 15.1. The average Bonchev–Trinajstić information content (AvgIpc) is 3.49. The molecule has 0 aliphatic carbocycles. The lowest BCUT2D eigenvalue weighted by Crippen LogP contribution is -2.01. The van der Waals surface area contributed by atoms with E-state index < -0.39 is 0 Å². The summed E-state index contributed by atoms with van der Waals surface area (Å²) < 4.78 is 10.9. The first kappa shape index (κ1) is 28.6. The molecule has 7 aromatic rings. The topological polar surface area (TPSA) is 44.9 Å². The average molecular weight is 591 g/mol. The number of para-hydroxylation sites is 1. The van der Waals surface area contributed by atoms with Gasteiger partial charge in [0.2, 0.25) is 0 Å². The molecule has 0 saturated carbocycles. The lowest BCUT2D eigenvalue weighted by molar-refractivity contribution is 0.482. The van der Waals surface area contributed by atoms with E-state index in [2.05, 4.69) is 137 Å². The van der Waals surface area contributed by atoms with Gasteiger partial charge < -0.3 is 4.74 Å². The highest BCUT2D eigenvalue weighted by Crippen LogP contribution is 2.37. The number of pyridine rings is 1. The van der Waals surface area contributed by atoms with E-state index in [0.717, 1.165) is 57.4 Å². The van der Waals surface area contributed by atoms with Crippen molar-refractivity contribution in [3.63, 3.8) is 0 Å². The number of rotatable bonds is 6. The molecule has 0 aliphatic heterocycles. The highest BCUT2D eigenvalue weighted by Gasteiger charge is 2.20. The van der Waals surface area contributed by atoms with E-state index >= 15 is 0 Å². The molecule has 0 saturated heterocycles. The van der Waals surface area contributed by atoms with Gasteiger partial charge in [0, 0.05) is 40.4 Å². The fourth-order valence-corrected chi connectivity index (χ4v) is 6.90. The first-order chi connectivity index (χ1) is 21.7. The van der Waals surface area contributed by atoms with Crippen LogP contribution in [0.5, 0.6) is 11.5 Å². The highest BCUT2D eigenvalue weighted by atomic mass is 16.5. The Bertz CT molecular complexity index is 2250. The van der Waals surface area contributed by atoms with Gasteiger partial charge in [-0.25, -0.2) is 9.67 Å². The van der Waals surface area contributed by atoms with E-state index in [-0.39, 0.29) is 0 Å². The maximum atomic E-state index is 6.60. The maximum Gasteiger partial charge on any atom is 0.137 e. The predicted molar refractivity (Wildman–Crippen MR) is 185 cm³/mol. The van der Waals surface area contributed by atoms with E-state index in [0.29, 0.717) is 0 Å². The normalized spacial score (nSPS) is 11.5. The zero-order valence-corrected chi connectivity index (χ0v) is 27.1. The second kappa shape index (κ2) is 11.1. The molecule has 5 nitrogen and oxygen atoms in total. The van der Waals surface area contributed by atoms with Crippen molar-refractivity contribution in [1.82, 2.24) is 19.3 Å². The number of benzene rings is 4. The third kappa shape index (κ3) is 4.98. The van der Waals surface area contributed by atoms with Crippen LogP contribution in [0, 0.1) is 41.5 Å². The largest absolute Gasteiger partial charge is 0.457 e. The van der Waals surface area contributed by atoms with Crippen molar-refractivity contribution in [3.8, 4) is 34.1 Å². The van der Waals surface area contributed by atoms with Crippen LogP contribution >= 0.6 is 0 Å². The predicted octanol–water partition coefficient (Wildman–Crippen LogP) is 10.2. The molecular weight excluding hydrogens is 552 g/mol. The van der Waals surface area contributed by atoms with Crippen LogP contribution in [0.4, 0.5) is 0 Å². The van der Waals surface area contributed by atoms with E-state index in [4.69, 9.17) is 14.8 Å². The molecule has 0 fully saturated rings. The van der Waals surface area contributed by atoms with Crippen LogP contribution in [0.15, 0.2) is 91.1 Å². The van der Waals surface area contributed by atoms with Crippen LogP contribution in [0.3, 0.4) is 0 Å². The number of nitrogens with zero attached hydrogens (tertiary/aromatic N) is 4. The summed E-state index contributed by atoms with van der Waals surface area (Å²) in [5.41, 5.74) is 14.1. The summed E-state index contributed by atoms with van der Waals surface area (Å²) in [7, 11) is 0. The first-order valence-corrected chi connectivity index (χ1v) is 15.6. The fourth-order valence-electron chi connectivity index (χ4n) is 6.90. The van der Waals surface area contributed by atoms with Crippen LogP contribution in [-0.2, 0) is 6.42 Å². The van der Waals surface area contributed by atoms with Gasteiger partial charge >= 0.3 is 0 Å². The lowest BCUT2D eigenvalue weighted by Gasteiger charge is -2.15. The Labute approximate surface area is 264 Å². The van der Waals surface area contributed by atoms with Gasteiger partial charge in [-0.05, 0) is 118 Å². The Hall–Kier alpha value is -5.16. The molecule has 7 rings (SSSR count). The van der Waals surface area contributed by atoms with Gasteiger partial charge in [0.25, 0.3) is 0 Å². The quantitative estimate of drug-likeness (QED) is 0.194. The van der Waals surface area contributed by atoms with Gasteiger partial charge in [-0.1, -0.05) is 42.8 Å². The molecule has 3 heterocycles. The van der Waals surface area contributed by atoms with Crippen LogP contribution in [0.25, 0.3) is 44.4 Å². The molecule has 3 aromatic heterocycles. The van der Waals surface area contributed by atoms with Gasteiger partial charge in [0.1, 0.15) is 17.3 Å². The van der Waals surface area contributed by atoms with Gasteiger partial charge in [-0.2, -0.15) is 5.10 Å². The van der Waals surface area contributed by atoms with Crippen molar-refractivity contribution < 1.29 is 4.74 Å². The minimum absolute atomic E-state index is 0.771. The van der Waals surface area contributed by atoms with E-state index in [1.165, 1.54) is 44.2 Å². The van der Waals surface area contributed by atoms with Crippen molar-refractivity contribution in [2.24, 2.45) is 0 Å². The van der Waals surface area contributed by atoms with Crippen LogP contribution in [0.2, 0.25) is 0 Å². The van der Waals surface area contributed by atoms with Crippen molar-refractivity contribution in [3.05, 3.63) is 130 Å². The highest BCUT2D eigenvalue weighted by molar-refractivity contribution is 6.09. The molecule has 0 amide bonds. The van der Waals surface area contributed by atoms with Crippen LogP contribution < -0.4 is 4.74 Å². The zero-order chi connectivity index (χ0) is 31.4. The second-order valence-electron chi connectivity index (χ2n) is 12.3. The maximum absolute atomic E-state index is 6.60. The second-order valence-corrected chi connectivity index (χ2v) is 12.3. The summed E-state index contributed by atoms with van der Waals surface area (Å²) >= 11 is 0. The Morgan fingerprint density at radius 3 is 2.24 bits per heavy atom. The Balaban J connectivity index is 1.31. The molecular formula is C40H38N4O. The van der Waals surface area contributed by atoms with E-state index in [1.54, 1.807) is 0 Å². The summed E-state index contributed by atoms with van der Waals surface area (Å²) in [6.07, 6.45) is 2.85. The fraction of sp³-hybridized carbons (Fsp3) is 0.200. The lowest BCUT2D eigenvalue weighted by atomic mass is 9.91. The number of hydrogen-bond donors (Lipinski definition) is 0. The summed E-state index contributed by atoms with van der Waals surface area (Å²) in [5, 5.41) is 7.41. The van der Waals surface area contributed by atoms with Crippen LogP contribution in [-0.4, -0.2) is 19.3 Å². The smallest absolute Gasteiger partial charge is 0.137 e. The number of ether oxygens (including phenoxy) is 1. The number of aryl methyl sites for hydroxylation is 6. The molecule has 45 heavy (non-hydrogen) atoms. The first-order valence-electron chi connectivity index (χ1n) is 15.6. The third-order valence-corrected chi connectivity index (χ3v) is 8.77. The Morgan fingerprint density at radius 2 is 1.44 bits per heavy atom. The van der Waals surface area contributed by atoms with Crippen molar-refractivity contribution in [1.29, 1.82) is 0 Å². The molecule has 4 aromatic carbocycles. The van der Waals surface area contributed by atoms with Crippen molar-refractivity contribution in [2.45, 2.75) is 54.9 Å².